The Kier molecular flexibility index (Phi) is 36.2. The molecule has 23 N–H and O–H groups in total. The smallest absolute Gasteiger partial charge is 0.335 e. The maximum atomic E-state index is 14.2. The molecular formula is C62H116N2O36. The number of nitrogens with zero attached hydrogens (tertiary/aromatic N) is 2. The Morgan fingerprint density at radius 3 is 1.50 bits per heavy atom. The van der Waals surface area contributed by atoms with Gasteiger partial charge in [-0.2, -0.15) is 0 Å². The van der Waals surface area contributed by atoms with Crippen LogP contribution in [0.5, 0.6) is 0 Å². The fourth-order valence-corrected chi connectivity index (χ4v) is 13.1. The lowest BCUT2D eigenvalue weighted by Gasteiger charge is -2.48. The van der Waals surface area contributed by atoms with Crippen LogP contribution in [0.1, 0.15) is 94.9 Å². The predicted octanol–water partition coefficient (Wildman–Crippen LogP) is -9.44. The molecule has 5 saturated heterocycles. The van der Waals surface area contributed by atoms with E-state index >= 15 is 0 Å². The molecule has 0 amide bonds. The molecule has 0 unspecified atom stereocenters. The van der Waals surface area contributed by atoms with Crippen molar-refractivity contribution < 1.29 is 179 Å². The van der Waals surface area contributed by atoms with Gasteiger partial charge in [0.1, 0.15) is 115 Å². The molecule has 5 aliphatic rings. The fourth-order valence-electron chi connectivity index (χ4n) is 13.1. The zero-order valence-electron chi connectivity index (χ0n) is 58.9. The largest absolute Gasteiger partial charge is 0.479 e. The summed E-state index contributed by atoms with van der Waals surface area (Å²) >= 11 is 0. The Balaban J connectivity index is 0.000000448. The van der Waals surface area contributed by atoms with Crippen LogP contribution in [-0.4, -0.2) is 407 Å². The number of carbonyl (C=O) groups excluding carboxylic acids is 1. The van der Waals surface area contributed by atoms with Crippen LogP contribution in [0.4, 0.5) is 0 Å². The van der Waals surface area contributed by atoms with Crippen molar-refractivity contribution in [3.63, 3.8) is 0 Å². The summed E-state index contributed by atoms with van der Waals surface area (Å²) in [5.41, 5.74) is -4.37. The molecule has 36 atom stereocenters. The van der Waals surface area contributed by atoms with Gasteiger partial charge >= 0.3 is 17.9 Å². The summed E-state index contributed by atoms with van der Waals surface area (Å²) in [5.74, 6) is -6.26. The first-order valence-electron chi connectivity index (χ1n) is 33.1. The van der Waals surface area contributed by atoms with E-state index in [0.29, 0.717) is 13.0 Å². The summed E-state index contributed by atoms with van der Waals surface area (Å²) in [6.07, 6.45) is -42.1. The minimum Gasteiger partial charge on any atom is -0.479 e. The van der Waals surface area contributed by atoms with Gasteiger partial charge < -0.3 is 175 Å². The molecule has 0 spiro atoms. The number of carboxylic acids is 2. The first-order chi connectivity index (χ1) is 46.2. The van der Waals surface area contributed by atoms with Gasteiger partial charge in [0.15, 0.2) is 37.4 Å². The molecule has 0 aliphatic carbocycles. The number of esters is 1. The molecule has 590 valence electrons. The number of carbonyl (C=O) groups is 3. The summed E-state index contributed by atoms with van der Waals surface area (Å²) in [6.45, 7) is 14.5. The van der Waals surface area contributed by atoms with Crippen molar-refractivity contribution in [3.05, 3.63) is 0 Å². The number of hydrogen-bond acceptors (Lipinski definition) is 36. The molecule has 5 aliphatic heterocycles. The Labute approximate surface area is 579 Å². The first kappa shape index (κ1) is 91.3. The van der Waals surface area contributed by atoms with Gasteiger partial charge in [0, 0.05) is 38.1 Å². The molecule has 0 bridgehead atoms. The minimum absolute atomic E-state index is 0.133. The minimum atomic E-state index is -2.39. The number of cyclic esters (lactones) is 1. The van der Waals surface area contributed by atoms with Gasteiger partial charge in [-0.25, -0.2) is 9.59 Å². The summed E-state index contributed by atoms with van der Waals surface area (Å²) in [6, 6.07) is -0.808. The molecule has 100 heavy (non-hydrogen) atoms. The van der Waals surface area contributed by atoms with Gasteiger partial charge in [-0.15, -0.1) is 0 Å². The molecule has 38 heteroatoms. The zero-order chi connectivity index (χ0) is 76.9. The van der Waals surface area contributed by atoms with Crippen molar-refractivity contribution in [3.8, 4) is 0 Å². The third-order valence-corrected chi connectivity index (χ3v) is 19.4. The van der Waals surface area contributed by atoms with Gasteiger partial charge in [-0.05, 0) is 94.8 Å². The SMILES string of the molecule is CC[C@H]1OC(=O)[C@H](C)[C@@H](O[C@H]2C[C@@](C)(OC)[C@@H](O)[C@H](C)O2)[C@H](C)[C@@H](O[C@@H]2O[C@H](C)C[C@H](N(C)C)[C@H]2O)[C@](C)(O)C[C@@H](C)CN(C)[C@H](C)[C@@H](O)[C@]1(C)O.O=C(O)[C@H](O)[C@@H](O)[C@H](O[C@@H]1O[C@H](CO)[C@H](O)[C@H](O)[C@H]1O)[C@H](O)CO.O=C(O)[C@H](O)[C@@H](O)[C@H](O[C@@H]1O[C@H](CO)[C@H](O)[C@H](O)[C@H]1O)[C@H](O)CO. The summed E-state index contributed by atoms with van der Waals surface area (Å²) in [7, 11) is 7.12. The molecule has 0 aromatic carbocycles. The van der Waals surface area contributed by atoms with Crippen LogP contribution in [0.15, 0.2) is 0 Å². The lowest BCUT2D eigenvalue weighted by molar-refractivity contribution is -0.326. The summed E-state index contributed by atoms with van der Waals surface area (Å²) in [4.78, 5) is 39.5. The van der Waals surface area contributed by atoms with E-state index in [0.717, 1.165) is 0 Å². The number of methoxy groups -OCH3 is 1. The van der Waals surface area contributed by atoms with E-state index in [2.05, 4.69) is 0 Å². The second kappa shape index (κ2) is 39.6. The number of rotatable bonds is 23. The monoisotopic (exact) mass is 1460 g/mol. The molecule has 38 nitrogen and oxygen atoms in total. The Hall–Kier alpha value is -2.87. The molecular weight excluding hydrogens is 1350 g/mol. The van der Waals surface area contributed by atoms with Crippen LogP contribution < -0.4 is 0 Å². The number of aliphatic carboxylic acids is 2. The average Bonchev–Trinajstić information content (AvgIpc) is 1.05. The number of likely N-dealkylation sites (N-methyl/N-ethyl adjacent to an activating group) is 2. The van der Waals surface area contributed by atoms with Crippen molar-refractivity contribution in [2.75, 3.05) is 61.2 Å². The molecule has 0 saturated carbocycles. The molecule has 5 heterocycles. The molecule has 0 radical (unpaired) electrons. The second-order valence-electron chi connectivity index (χ2n) is 27.8. The third-order valence-electron chi connectivity index (χ3n) is 19.4. The highest BCUT2D eigenvalue weighted by Crippen LogP contribution is 2.41. The average molecular weight is 1470 g/mol. The normalized spacial score (nSPS) is 43.0. The van der Waals surface area contributed by atoms with Gasteiger partial charge in [0.05, 0.1) is 68.0 Å². The van der Waals surface area contributed by atoms with Gasteiger partial charge in [0.25, 0.3) is 0 Å². The summed E-state index contributed by atoms with van der Waals surface area (Å²) in [5, 5.41) is 227. The number of aliphatic hydroxyl groups excluding tert-OH is 19. The van der Waals surface area contributed by atoms with Crippen LogP contribution in [0.25, 0.3) is 0 Å². The number of carboxylic acid groups (broad SMARTS) is 2. The first-order valence-corrected chi connectivity index (χ1v) is 33.1. The second-order valence-corrected chi connectivity index (χ2v) is 27.8. The van der Waals surface area contributed by atoms with Crippen molar-refractivity contribution >= 4 is 17.9 Å². The number of hydrogen-bond donors (Lipinski definition) is 23. The zero-order valence-corrected chi connectivity index (χ0v) is 58.9. The van der Waals surface area contributed by atoms with Crippen LogP contribution in [0.3, 0.4) is 0 Å². The number of aliphatic hydroxyl groups is 21. The molecule has 5 rings (SSSR count). The van der Waals surface area contributed by atoms with Crippen molar-refractivity contribution in [1.29, 1.82) is 0 Å². The standard InChI is InChI=1S/C38H72N2O12.2C12H22O12/c1-15-27-38(10,46)31(42)24(6)40(13)19-20(2)17-36(8,45)33(52-35-29(41)26(39(11)12)16-21(3)48-35)22(4)30(23(5)34(44)50-27)51-28-18-37(9,47-14)32(43)25(7)49-28;2*13-1-3(15)10(7(18)8(19)11(21)22)24-12-9(20)6(17)5(16)4(2-14)23-12/h20-33,35,41-43,45-46H,15-19H2,1-14H3;2*3-10,12-20H,1-2H2,(H,21,22)/t20-,21-,22+,23-,24-,25+,26+,27-,28+,29-,30+,31-,32+,33-,35+,36-,37-,38-;2*3-,4-,5+,6+,7-,8-,9-,10-,12+/m111/s1. The van der Waals surface area contributed by atoms with E-state index in [1.54, 1.807) is 41.5 Å². The van der Waals surface area contributed by atoms with Gasteiger partial charge in [0.2, 0.25) is 0 Å². The third kappa shape index (κ3) is 22.8. The van der Waals surface area contributed by atoms with Crippen molar-refractivity contribution in [1.82, 2.24) is 9.80 Å². The van der Waals surface area contributed by atoms with E-state index < -0.39 is 245 Å². The van der Waals surface area contributed by atoms with E-state index in [1.165, 1.54) is 14.0 Å². The quantitative estimate of drug-likeness (QED) is 0.0423. The van der Waals surface area contributed by atoms with E-state index in [1.807, 2.05) is 51.7 Å². The van der Waals surface area contributed by atoms with Crippen LogP contribution >= 0.6 is 0 Å². The van der Waals surface area contributed by atoms with E-state index in [-0.39, 0.29) is 37.3 Å². The van der Waals surface area contributed by atoms with Gasteiger partial charge in [-0.3, -0.25) is 4.79 Å². The Bertz CT molecular complexity index is 2350. The maximum Gasteiger partial charge on any atom is 0.335 e. The number of ether oxygens (including phenoxy) is 10. The highest BCUT2D eigenvalue weighted by atomic mass is 16.7. The molecule has 0 aromatic heterocycles. The fraction of sp³-hybridized carbons (Fsp3) is 0.952. The van der Waals surface area contributed by atoms with Crippen molar-refractivity contribution in [2.24, 2.45) is 17.8 Å². The molecule has 5 fully saturated rings. The Morgan fingerprint density at radius 1 is 0.640 bits per heavy atom. The van der Waals surface area contributed by atoms with E-state index in [4.69, 9.17) is 78.0 Å². The maximum absolute atomic E-state index is 14.2. The van der Waals surface area contributed by atoms with E-state index in [9.17, 15) is 101 Å². The summed E-state index contributed by atoms with van der Waals surface area (Å²) < 4.78 is 57.5. The highest BCUT2D eigenvalue weighted by Gasteiger charge is 2.55. The highest BCUT2D eigenvalue weighted by molar-refractivity contribution is 5.73. The van der Waals surface area contributed by atoms with Crippen LogP contribution in [0, 0.1) is 17.8 Å². The predicted molar refractivity (Wildman–Crippen MR) is 337 cm³/mol. The van der Waals surface area contributed by atoms with Crippen LogP contribution in [0.2, 0.25) is 0 Å². The molecule has 0 aromatic rings. The lowest BCUT2D eigenvalue weighted by Crippen LogP contribution is -2.61. The van der Waals surface area contributed by atoms with Crippen molar-refractivity contribution in [2.45, 2.75) is 295 Å². The lowest BCUT2D eigenvalue weighted by atomic mass is 9.77. The van der Waals surface area contributed by atoms with Gasteiger partial charge in [-0.1, -0.05) is 20.8 Å². The topological polar surface area (TPSA) is 615 Å². The Morgan fingerprint density at radius 2 is 1.10 bits per heavy atom. The van der Waals surface area contributed by atoms with Crippen LogP contribution in [-0.2, 0) is 61.8 Å².